The van der Waals surface area contributed by atoms with Crippen molar-refractivity contribution in [2.75, 3.05) is 5.73 Å². The fourth-order valence-corrected chi connectivity index (χ4v) is 3.72. The zero-order valence-corrected chi connectivity index (χ0v) is 18.0. The monoisotopic (exact) mass is 452 g/mol. The Bertz CT molecular complexity index is 1540. The number of aromatic hydroxyl groups is 1. The Kier molecular flexibility index (Phi) is 5.09. The summed E-state index contributed by atoms with van der Waals surface area (Å²) in [5.41, 5.74) is 8.95. The summed E-state index contributed by atoms with van der Waals surface area (Å²) in [7, 11) is 5.73. The van der Waals surface area contributed by atoms with Gasteiger partial charge in [-0.15, -0.1) is 0 Å². The van der Waals surface area contributed by atoms with Crippen LogP contribution in [0.2, 0.25) is 0 Å². The smallest absolute Gasteiger partial charge is 0.214 e. The Morgan fingerprint density at radius 2 is 1.94 bits per heavy atom. The summed E-state index contributed by atoms with van der Waals surface area (Å²) in [5.74, 6) is -0.104. The molecule has 0 aliphatic carbocycles. The first-order valence-corrected chi connectivity index (χ1v) is 10.3. The number of ether oxygens (including phenoxy) is 1. The highest BCUT2D eigenvalue weighted by molar-refractivity contribution is 6.35. The van der Waals surface area contributed by atoms with Crippen molar-refractivity contribution in [1.29, 1.82) is 0 Å². The van der Waals surface area contributed by atoms with E-state index < -0.39 is 5.82 Å². The van der Waals surface area contributed by atoms with Gasteiger partial charge in [0.25, 0.3) is 0 Å². The number of H-pyrrole nitrogens is 1. The van der Waals surface area contributed by atoms with E-state index in [-0.39, 0.29) is 39.8 Å². The van der Waals surface area contributed by atoms with E-state index in [0.717, 1.165) is 5.56 Å². The third kappa shape index (κ3) is 3.67. The normalized spacial score (nSPS) is 11.1. The molecular formula is C25H18BFN4O3. The van der Waals surface area contributed by atoms with Gasteiger partial charge in [0.15, 0.2) is 11.6 Å². The predicted molar refractivity (Wildman–Crippen MR) is 128 cm³/mol. The van der Waals surface area contributed by atoms with Gasteiger partial charge >= 0.3 is 0 Å². The van der Waals surface area contributed by atoms with Gasteiger partial charge in [-0.3, -0.25) is 4.79 Å². The summed E-state index contributed by atoms with van der Waals surface area (Å²) in [6.07, 6.45) is 1.40. The lowest BCUT2D eigenvalue weighted by Gasteiger charge is -2.12. The minimum atomic E-state index is -0.458. The number of halogens is 1. The Balaban J connectivity index is 1.44. The second-order valence-electron chi connectivity index (χ2n) is 7.85. The van der Waals surface area contributed by atoms with Gasteiger partial charge in [0.1, 0.15) is 25.2 Å². The summed E-state index contributed by atoms with van der Waals surface area (Å²) < 4.78 is 21.1. The number of rotatable bonds is 5. The molecule has 34 heavy (non-hydrogen) atoms. The molecule has 0 unspecified atom stereocenters. The fourth-order valence-electron chi connectivity index (χ4n) is 3.72. The van der Waals surface area contributed by atoms with Crippen LogP contribution in [0.4, 0.5) is 10.2 Å². The lowest BCUT2D eigenvalue weighted by molar-refractivity contribution is 0.103. The molecule has 0 amide bonds. The molecule has 0 atom stereocenters. The number of aryl methyl sites for hydroxylation is 1. The average Bonchev–Trinajstić information content (AvgIpc) is 3.39. The second-order valence-corrected chi connectivity index (χ2v) is 7.85. The largest absolute Gasteiger partial charge is 0.509 e. The number of nitrogens with zero attached hydrogens (tertiary/aromatic N) is 2. The van der Waals surface area contributed by atoms with Crippen molar-refractivity contribution in [2.45, 2.75) is 6.92 Å². The number of phenols is 1. The lowest BCUT2D eigenvalue weighted by atomic mass is 9.94. The third-order valence-electron chi connectivity index (χ3n) is 5.52. The quantitative estimate of drug-likeness (QED) is 0.277. The van der Waals surface area contributed by atoms with E-state index in [1.54, 1.807) is 48.5 Å². The molecule has 0 saturated carbocycles. The van der Waals surface area contributed by atoms with Gasteiger partial charge in [-0.25, -0.2) is 9.07 Å². The van der Waals surface area contributed by atoms with Crippen molar-refractivity contribution in [1.82, 2.24) is 14.8 Å². The van der Waals surface area contributed by atoms with Crippen molar-refractivity contribution in [3.63, 3.8) is 0 Å². The first kappa shape index (κ1) is 21.3. The number of hydrogen-bond acceptors (Lipinski definition) is 5. The van der Waals surface area contributed by atoms with E-state index in [1.165, 1.54) is 23.0 Å². The molecule has 5 aromatic rings. The number of nitrogens with two attached hydrogens (primary N) is 1. The summed E-state index contributed by atoms with van der Waals surface area (Å²) in [4.78, 5) is 16.1. The molecule has 0 fully saturated rings. The van der Waals surface area contributed by atoms with Crippen molar-refractivity contribution in [3.8, 4) is 22.9 Å². The zero-order valence-electron chi connectivity index (χ0n) is 18.0. The number of nitrogens with one attached hydrogen (secondary N) is 1. The van der Waals surface area contributed by atoms with Crippen molar-refractivity contribution >= 4 is 35.8 Å². The molecule has 7 nitrogen and oxygen atoms in total. The Hall–Kier alpha value is -4.53. The molecule has 0 aliphatic heterocycles. The molecular weight excluding hydrogens is 434 g/mol. The Labute approximate surface area is 195 Å². The van der Waals surface area contributed by atoms with Crippen molar-refractivity contribution in [2.24, 2.45) is 0 Å². The predicted octanol–water partition coefficient (Wildman–Crippen LogP) is 3.91. The molecule has 0 spiro atoms. The second kappa shape index (κ2) is 8.11. The van der Waals surface area contributed by atoms with Crippen LogP contribution in [-0.4, -0.2) is 33.5 Å². The van der Waals surface area contributed by atoms with Gasteiger partial charge < -0.3 is 20.6 Å². The van der Waals surface area contributed by atoms with Crippen LogP contribution in [0.25, 0.3) is 16.6 Å². The zero-order chi connectivity index (χ0) is 24.0. The average molecular weight is 452 g/mol. The van der Waals surface area contributed by atoms with Crippen LogP contribution in [0.5, 0.6) is 17.2 Å². The molecule has 2 heterocycles. The minimum Gasteiger partial charge on any atom is -0.509 e. The van der Waals surface area contributed by atoms with E-state index in [4.69, 9.17) is 18.3 Å². The topological polar surface area (TPSA) is 106 Å². The van der Waals surface area contributed by atoms with E-state index in [2.05, 4.69) is 10.1 Å². The van der Waals surface area contributed by atoms with E-state index >= 15 is 0 Å². The van der Waals surface area contributed by atoms with Crippen molar-refractivity contribution in [3.05, 3.63) is 89.5 Å². The van der Waals surface area contributed by atoms with Gasteiger partial charge in [0, 0.05) is 10.9 Å². The van der Waals surface area contributed by atoms with Gasteiger partial charge in [-0.05, 0) is 61.0 Å². The number of anilines is 1. The molecule has 5 rings (SSSR count). The van der Waals surface area contributed by atoms with Crippen LogP contribution in [-0.2, 0) is 0 Å². The number of hydrogen-bond donors (Lipinski definition) is 3. The van der Waals surface area contributed by atoms with E-state index in [1.807, 2.05) is 6.92 Å². The molecule has 0 aliphatic rings. The Morgan fingerprint density at radius 3 is 2.71 bits per heavy atom. The first-order valence-electron chi connectivity index (χ1n) is 10.3. The molecule has 0 bridgehead atoms. The number of ketones is 1. The van der Waals surface area contributed by atoms with Crippen LogP contribution in [0.15, 0.2) is 66.9 Å². The van der Waals surface area contributed by atoms with E-state index in [0.29, 0.717) is 22.3 Å². The van der Waals surface area contributed by atoms with Gasteiger partial charge in [-0.2, -0.15) is 5.10 Å². The van der Waals surface area contributed by atoms with Gasteiger partial charge in [0.05, 0.1) is 23.1 Å². The molecule has 0 saturated heterocycles. The van der Waals surface area contributed by atoms with Gasteiger partial charge in [-0.1, -0.05) is 17.6 Å². The summed E-state index contributed by atoms with van der Waals surface area (Å²) in [5, 5.41) is 14.7. The molecule has 2 radical (unpaired) electrons. The SMILES string of the molecule is [B]c1cc2[nH]c(C(=O)c3cnn(-c4ccc(Oc5ccccc5F)c(C)c4)c3N)cc2cc1O. The summed E-state index contributed by atoms with van der Waals surface area (Å²) in [6, 6.07) is 16.0. The molecule has 4 N–H and O–H groups in total. The number of carbonyl (C=O) groups is 1. The lowest BCUT2D eigenvalue weighted by Crippen LogP contribution is -2.08. The van der Waals surface area contributed by atoms with Gasteiger partial charge in [0.2, 0.25) is 5.78 Å². The molecule has 9 heteroatoms. The molecule has 2 aromatic heterocycles. The summed E-state index contributed by atoms with van der Waals surface area (Å²) >= 11 is 0. The standard InChI is InChI=1S/C25H18BFN4O3/c1-13-8-15(6-7-22(13)34-23-5-3-2-4-18(23)27)31-25(28)16(12-29-31)24(33)20-9-14-10-21(32)17(26)11-19(14)30-20/h2-12,30,32H,28H2,1H3. The molecule has 3 aromatic carbocycles. The fraction of sp³-hybridized carbons (Fsp3) is 0.0400. The van der Waals surface area contributed by atoms with Crippen LogP contribution in [0.1, 0.15) is 21.6 Å². The number of aromatic amines is 1. The highest BCUT2D eigenvalue weighted by Crippen LogP contribution is 2.30. The van der Waals surface area contributed by atoms with Crippen LogP contribution in [0.3, 0.4) is 0 Å². The maximum Gasteiger partial charge on any atom is 0.214 e. The minimum absolute atomic E-state index is 0.0596. The maximum absolute atomic E-state index is 13.9. The van der Waals surface area contributed by atoms with Crippen molar-refractivity contribution < 1.29 is 19.0 Å². The third-order valence-corrected chi connectivity index (χ3v) is 5.52. The summed E-state index contributed by atoms with van der Waals surface area (Å²) in [6.45, 7) is 1.82. The highest BCUT2D eigenvalue weighted by atomic mass is 19.1. The number of fused-ring (bicyclic) bond motifs is 1. The maximum atomic E-state index is 13.9. The molecule has 166 valence electrons. The Morgan fingerprint density at radius 1 is 1.15 bits per heavy atom. The van der Waals surface area contributed by atoms with Crippen LogP contribution >= 0.6 is 0 Å². The number of aromatic nitrogens is 3. The number of nitrogen functional groups attached to an aromatic ring is 1. The number of para-hydroxylation sites is 1. The first-order chi connectivity index (χ1) is 16.3. The number of benzene rings is 3. The number of phenolic OH excluding ortho intramolecular Hbond substituents is 1. The van der Waals surface area contributed by atoms with Crippen LogP contribution < -0.4 is 15.9 Å². The van der Waals surface area contributed by atoms with E-state index in [9.17, 15) is 14.3 Å². The number of carbonyl (C=O) groups excluding carboxylic acids is 1. The highest BCUT2D eigenvalue weighted by Gasteiger charge is 2.20. The van der Waals surface area contributed by atoms with Crippen LogP contribution in [0, 0.1) is 12.7 Å².